The Labute approximate surface area is 113 Å². The van der Waals surface area contributed by atoms with Crippen LogP contribution in [0.15, 0.2) is 35.4 Å². The lowest BCUT2D eigenvalue weighted by atomic mass is 9.66. The predicted octanol–water partition coefficient (Wildman–Crippen LogP) is 0.500. The molecule has 0 radical (unpaired) electrons. The number of hydrogen-bond donors (Lipinski definition) is 1. The second kappa shape index (κ2) is 4.05. The van der Waals surface area contributed by atoms with Crippen molar-refractivity contribution in [2.45, 2.75) is 5.41 Å². The first-order chi connectivity index (χ1) is 9.32. The summed E-state index contributed by atoms with van der Waals surface area (Å²) in [6.07, 6.45) is 0. The van der Waals surface area contributed by atoms with Gasteiger partial charge in [0.2, 0.25) is 0 Å². The van der Waals surface area contributed by atoms with Crippen molar-refractivity contribution in [1.29, 1.82) is 0 Å². The smallest absolute Gasteiger partial charge is 0.0611 e. The quantitative estimate of drug-likeness (QED) is 0.588. The van der Waals surface area contributed by atoms with Crippen molar-refractivity contribution < 1.29 is 0 Å². The van der Waals surface area contributed by atoms with E-state index in [1.165, 1.54) is 24.4 Å². The minimum atomic E-state index is 0.0215. The minimum absolute atomic E-state index is 0.0215. The van der Waals surface area contributed by atoms with E-state index in [9.17, 15) is 0 Å². The van der Waals surface area contributed by atoms with Crippen molar-refractivity contribution in [3.63, 3.8) is 0 Å². The summed E-state index contributed by atoms with van der Waals surface area (Å²) in [5.74, 6) is 6.29. The Bertz CT molecular complexity index is 494. The van der Waals surface area contributed by atoms with Gasteiger partial charge in [0.15, 0.2) is 0 Å². The molecule has 4 nitrogen and oxygen atoms in total. The summed E-state index contributed by atoms with van der Waals surface area (Å²) in [4.78, 5) is 5.19. The number of piperidine rings is 2. The third kappa shape index (κ3) is 1.56. The van der Waals surface area contributed by atoms with Crippen molar-refractivity contribution in [1.82, 2.24) is 9.80 Å². The van der Waals surface area contributed by atoms with E-state index in [0.29, 0.717) is 5.92 Å². The van der Waals surface area contributed by atoms with E-state index >= 15 is 0 Å². The van der Waals surface area contributed by atoms with Crippen molar-refractivity contribution in [2.75, 3.05) is 39.3 Å². The molecule has 0 amide bonds. The maximum Gasteiger partial charge on any atom is 0.0611 e. The number of nitrogens with zero attached hydrogens (tertiary/aromatic N) is 3. The maximum absolute atomic E-state index is 5.78. The van der Waals surface area contributed by atoms with Gasteiger partial charge in [-0.25, -0.2) is 0 Å². The van der Waals surface area contributed by atoms with E-state index in [0.717, 1.165) is 26.2 Å². The van der Waals surface area contributed by atoms with Crippen LogP contribution in [0.1, 0.15) is 5.56 Å². The molecule has 4 fully saturated rings. The highest BCUT2D eigenvalue weighted by molar-refractivity contribution is 5.99. The fourth-order valence-electron chi connectivity index (χ4n) is 4.29. The van der Waals surface area contributed by atoms with Crippen molar-refractivity contribution in [3.8, 4) is 0 Å². The van der Waals surface area contributed by atoms with Crippen LogP contribution in [0.25, 0.3) is 0 Å². The minimum Gasteiger partial charge on any atom is -0.323 e. The Morgan fingerprint density at radius 3 is 2.26 bits per heavy atom. The summed E-state index contributed by atoms with van der Waals surface area (Å²) in [5, 5.41) is 4.24. The maximum atomic E-state index is 5.78. The molecule has 4 saturated heterocycles. The lowest BCUT2D eigenvalue weighted by molar-refractivity contribution is 0.164. The topological polar surface area (TPSA) is 44.9 Å². The Kier molecular flexibility index (Phi) is 2.44. The fourth-order valence-corrected chi connectivity index (χ4v) is 4.29. The van der Waals surface area contributed by atoms with Crippen LogP contribution in [0.5, 0.6) is 0 Å². The average molecular weight is 256 g/mol. The molecule has 2 N–H and O–H groups in total. The van der Waals surface area contributed by atoms with Gasteiger partial charge < -0.3 is 15.6 Å². The van der Waals surface area contributed by atoms with Gasteiger partial charge in [0.05, 0.1) is 11.1 Å². The summed E-state index contributed by atoms with van der Waals surface area (Å²) in [5.41, 5.74) is 2.63. The lowest BCUT2D eigenvalue weighted by Gasteiger charge is -2.50. The van der Waals surface area contributed by atoms with Crippen molar-refractivity contribution in [2.24, 2.45) is 16.9 Å². The highest BCUT2D eigenvalue weighted by atomic mass is 15.3. The zero-order chi connectivity index (χ0) is 12.9. The van der Waals surface area contributed by atoms with Crippen LogP contribution in [-0.4, -0.2) is 54.8 Å². The molecular formula is C15H20N4. The van der Waals surface area contributed by atoms with E-state index in [4.69, 9.17) is 5.84 Å². The van der Waals surface area contributed by atoms with Crippen LogP contribution in [0.4, 0.5) is 0 Å². The fraction of sp³-hybridized carbons (Fsp3) is 0.533. The zero-order valence-electron chi connectivity index (χ0n) is 11.1. The second-order valence-electron chi connectivity index (χ2n) is 6.13. The number of rotatable bonds is 1. The van der Waals surface area contributed by atoms with Crippen LogP contribution in [-0.2, 0) is 5.41 Å². The molecule has 0 aliphatic carbocycles. The van der Waals surface area contributed by atoms with Crippen LogP contribution in [0, 0.1) is 5.92 Å². The Hall–Kier alpha value is -1.39. The molecule has 100 valence electrons. The van der Waals surface area contributed by atoms with Crippen molar-refractivity contribution >= 4 is 5.71 Å². The van der Waals surface area contributed by atoms with E-state index in [2.05, 4.69) is 45.2 Å². The van der Waals surface area contributed by atoms with Crippen LogP contribution in [0.2, 0.25) is 0 Å². The normalized spacial score (nSPS) is 42.5. The van der Waals surface area contributed by atoms with Crippen molar-refractivity contribution in [3.05, 3.63) is 35.9 Å². The first-order valence-electron chi connectivity index (χ1n) is 7.10. The van der Waals surface area contributed by atoms with E-state index in [1.54, 1.807) is 0 Å². The second-order valence-corrected chi connectivity index (χ2v) is 6.13. The highest BCUT2D eigenvalue weighted by Crippen LogP contribution is 2.40. The molecule has 4 heterocycles. The molecule has 2 unspecified atom stereocenters. The van der Waals surface area contributed by atoms with Crippen LogP contribution < -0.4 is 5.84 Å². The largest absolute Gasteiger partial charge is 0.323 e. The van der Waals surface area contributed by atoms with Gasteiger partial charge in [-0.1, -0.05) is 30.3 Å². The summed E-state index contributed by atoms with van der Waals surface area (Å²) < 4.78 is 0. The van der Waals surface area contributed by atoms with Crippen LogP contribution >= 0.6 is 0 Å². The van der Waals surface area contributed by atoms with Gasteiger partial charge >= 0.3 is 0 Å². The first kappa shape index (κ1) is 11.4. The van der Waals surface area contributed by atoms with E-state index in [-0.39, 0.29) is 5.41 Å². The molecule has 0 spiro atoms. The number of fused-ring (bicyclic) bond motifs is 1. The monoisotopic (exact) mass is 256 g/mol. The number of hydrazone groups is 1. The first-order valence-corrected chi connectivity index (χ1v) is 7.10. The zero-order valence-corrected chi connectivity index (χ0v) is 11.1. The summed E-state index contributed by atoms with van der Waals surface area (Å²) in [6.45, 7) is 6.76. The van der Waals surface area contributed by atoms with E-state index < -0.39 is 0 Å². The van der Waals surface area contributed by atoms with Crippen LogP contribution in [0.3, 0.4) is 0 Å². The molecule has 1 aromatic carbocycles. The molecular weight excluding hydrogens is 236 g/mol. The third-order valence-electron chi connectivity index (χ3n) is 5.02. The van der Waals surface area contributed by atoms with E-state index in [1.807, 2.05) is 0 Å². The highest BCUT2D eigenvalue weighted by Gasteiger charge is 2.52. The summed E-state index contributed by atoms with van der Waals surface area (Å²) in [7, 11) is 0. The molecule has 4 heteroatoms. The van der Waals surface area contributed by atoms with Gasteiger partial charge in [0.25, 0.3) is 0 Å². The molecule has 1 aromatic rings. The van der Waals surface area contributed by atoms with Gasteiger partial charge in [-0.15, -0.1) is 0 Å². The molecule has 4 aliphatic rings. The molecule has 2 atom stereocenters. The standard InChI is InChI=1S/C15H20N4/c16-17-14-12-8-18-6-7-19(9-12)11-15(14,10-18)13-4-2-1-3-5-13/h1-5,12H,6-11,16H2/b17-14-. The third-order valence-corrected chi connectivity index (χ3v) is 5.02. The lowest BCUT2D eigenvalue weighted by Crippen LogP contribution is -2.64. The SMILES string of the molecule is N/N=C1/C2CN3CCN(C2)CC1(c1ccccc1)C3. The Morgan fingerprint density at radius 2 is 1.68 bits per heavy atom. The Morgan fingerprint density at radius 1 is 1.05 bits per heavy atom. The number of hydrogen-bond acceptors (Lipinski definition) is 4. The number of benzene rings is 1. The number of nitrogens with two attached hydrogens (primary N) is 1. The predicted molar refractivity (Wildman–Crippen MR) is 76.1 cm³/mol. The molecule has 19 heavy (non-hydrogen) atoms. The molecule has 5 rings (SSSR count). The van der Waals surface area contributed by atoms with Gasteiger partial charge in [-0.05, 0) is 5.56 Å². The molecule has 0 aromatic heterocycles. The molecule has 0 saturated carbocycles. The van der Waals surface area contributed by atoms with Gasteiger partial charge in [-0.2, -0.15) is 5.10 Å². The summed E-state index contributed by atoms with van der Waals surface area (Å²) >= 11 is 0. The summed E-state index contributed by atoms with van der Waals surface area (Å²) in [6, 6.07) is 10.8. The van der Waals surface area contributed by atoms with Gasteiger partial charge in [0.1, 0.15) is 0 Å². The molecule has 4 bridgehead atoms. The average Bonchev–Trinajstić information content (AvgIpc) is 2.68. The van der Waals surface area contributed by atoms with Gasteiger partial charge in [0, 0.05) is 45.2 Å². The Balaban J connectivity index is 1.88. The van der Waals surface area contributed by atoms with Gasteiger partial charge in [-0.3, -0.25) is 0 Å². The molecule has 4 aliphatic heterocycles.